The molecule has 0 aliphatic heterocycles. The molecule has 0 rings (SSSR count). The van der Waals surface area contributed by atoms with Gasteiger partial charge in [0.15, 0.2) is 5.96 Å². The molecule has 4 nitrogen and oxygen atoms in total. The van der Waals surface area contributed by atoms with Gasteiger partial charge in [-0.05, 0) is 19.3 Å². The van der Waals surface area contributed by atoms with Crippen molar-refractivity contribution in [1.29, 1.82) is 0 Å². The SMILES string of the molecule is CCCCCCC(O)CC=CCCN=C(N)N. The quantitative estimate of drug-likeness (QED) is 0.236. The Morgan fingerprint density at radius 3 is 2.65 bits per heavy atom. The van der Waals surface area contributed by atoms with Crippen molar-refractivity contribution in [3.8, 4) is 0 Å². The van der Waals surface area contributed by atoms with Crippen LogP contribution in [-0.4, -0.2) is 23.7 Å². The molecule has 5 N–H and O–H groups in total. The Labute approximate surface area is 105 Å². The third kappa shape index (κ3) is 12.9. The largest absolute Gasteiger partial charge is 0.393 e. The van der Waals surface area contributed by atoms with Crippen LogP contribution in [0.4, 0.5) is 0 Å². The van der Waals surface area contributed by atoms with Gasteiger partial charge in [-0.25, -0.2) is 0 Å². The highest BCUT2D eigenvalue weighted by atomic mass is 16.3. The van der Waals surface area contributed by atoms with E-state index in [1.54, 1.807) is 0 Å². The number of guanidine groups is 1. The lowest BCUT2D eigenvalue weighted by Crippen LogP contribution is -2.22. The van der Waals surface area contributed by atoms with Crippen LogP contribution in [0.5, 0.6) is 0 Å². The molecule has 0 aromatic rings. The zero-order valence-electron chi connectivity index (χ0n) is 10.9. The molecule has 0 saturated carbocycles. The summed E-state index contributed by atoms with van der Waals surface area (Å²) in [6, 6.07) is 0. The van der Waals surface area contributed by atoms with Crippen molar-refractivity contribution in [2.24, 2.45) is 16.5 Å². The summed E-state index contributed by atoms with van der Waals surface area (Å²) < 4.78 is 0. The fraction of sp³-hybridized carbons (Fsp3) is 0.769. The monoisotopic (exact) mass is 241 g/mol. The maximum absolute atomic E-state index is 9.67. The first-order valence-corrected chi connectivity index (χ1v) is 6.55. The average Bonchev–Trinajstić information content (AvgIpc) is 2.29. The zero-order chi connectivity index (χ0) is 12.9. The van der Waals surface area contributed by atoms with E-state index >= 15 is 0 Å². The number of hydrogen-bond donors (Lipinski definition) is 3. The lowest BCUT2D eigenvalue weighted by molar-refractivity contribution is 0.163. The molecule has 0 saturated heterocycles. The summed E-state index contributed by atoms with van der Waals surface area (Å²) in [7, 11) is 0. The predicted octanol–water partition coefficient (Wildman–Crippen LogP) is 1.93. The topological polar surface area (TPSA) is 84.6 Å². The third-order valence-electron chi connectivity index (χ3n) is 2.56. The van der Waals surface area contributed by atoms with E-state index in [1.165, 1.54) is 19.3 Å². The maximum atomic E-state index is 9.67. The van der Waals surface area contributed by atoms with Crippen molar-refractivity contribution in [1.82, 2.24) is 0 Å². The van der Waals surface area contributed by atoms with Crippen molar-refractivity contribution in [3.05, 3.63) is 12.2 Å². The highest BCUT2D eigenvalue weighted by Crippen LogP contribution is 2.08. The van der Waals surface area contributed by atoms with E-state index in [1.807, 2.05) is 12.2 Å². The fourth-order valence-corrected chi connectivity index (χ4v) is 1.56. The summed E-state index contributed by atoms with van der Waals surface area (Å²) in [5, 5.41) is 9.67. The lowest BCUT2D eigenvalue weighted by atomic mass is 10.1. The van der Waals surface area contributed by atoms with Crippen LogP contribution in [0.3, 0.4) is 0 Å². The van der Waals surface area contributed by atoms with Crippen LogP contribution in [0.15, 0.2) is 17.1 Å². The molecule has 0 amide bonds. The Morgan fingerprint density at radius 2 is 2.00 bits per heavy atom. The third-order valence-corrected chi connectivity index (χ3v) is 2.56. The molecule has 0 aromatic heterocycles. The van der Waals surface area contributed by atoms with Crippen LogP contribution in [0.2, 0.25) is 0 Å². The molecular weight excluding hydrogens is 214 g/mol. The first-order chi connectivity index (χ1) is 8.16. The second-order valence-corrected chi connectivity index (χ2v) is 4.31. The highest BCUT2D eigenvalue weighted by Gasteiger charge is 2.00. The highest BCUT2D eigenvalue weighted by molar-refractivity contribution is 5.75. The normalized spacial score (nSPS) is 12.8. The number of rotatable bonds is 10. The summed E-state index contributed by atoms with van der Waals surface area (Å²) in [4.78, 5) is 3.87. The summed E-state index contributed by atoms with van der Waals surface area (Å²) in [6.45, 7) is 2.81. The Bertz CT molecular complexity index is 223. The van der Waals surface area contributed by atoms with E-state index < -0.39 is 0 Å². The predicted molar refractivity (Wildman–Crippen MR) is 73.8 cm³/mol. The van der Waals surface area contributed by atoms with Gasteiger partial charge in [-0.3, -0.25) is 4.99 Å². The van der Waals surface area contributed by atoms with Gasteiger partial charge in [0.2, 0.25) is 0 Å². The number of aliphatic imine (C=N–C) groups is 1. The summed E-state index contributed by atoms with van der Waals surface area (Å²) in [5.41, 5.74) is 10.4. The van der Waals surface area contributed by atoms with Crippen LogP contribution in [-0.2, 0) is 0 Å². The smallest absolute Gasteiger partial charge is 0.185 e. The van der Waals surface area contributed by atoms with Crippen molar-refractivity contribution in [3.63, 3.8) is 0 Å². The number of nitrogens with zero attached hydrogens (tertiary/aromatic N) is 1. The van der Waals surface area contributed by atoms with E-state index in [0.717, 1.165) is 25.7 Å². The van der Waals surface area contributed by atoms with E-state index in [0.29, 0.717) is 6.54 Å². The van der Waals surface area contributed by atoms with Gasteiger partial charge in [-0.1, -0.05) is 44.8 Å². The van der Waals surface area contributed by atoms with E-state index in [2.05, 4.69) is 11.9 Å². The molecule has 4 heteroatoms. The molecular formula is C13H27N3O. The molecule has 0 heterocycles. The van der Waals surface area contributed by atoms with Crippen molar-refractivity contribution in [2.75, 3.05) is 6.54 Å². The molecule has 0 aliphatic rings. The minimum absolute atomic E-state index is 0.134. The second-order valence-electron chi connectivity index (χ2n) is 4.31. The van der Waals surface area contributed by atoms with Crippen molar-refractivity contribution >= 4 is 5.96 Å². The molecule has 0 fully saturated rings. The lowest BCUT2D eigenvalue weighted by Gasteiger charge is -2.06. The molecule has 0 radical (unpaired) electrons. The van der Waals surface area contributed by atoms with Gasteiger partial charge in [0.05, 0.1) is 6.10 Å². The molecule has 17 heavy (non-hydrogen) atoms. The first-order valence-electron chi connectivity index (χ1n) is 6.55. The summed E-state index contributed by atoms with van der Waals surface area (Å²) in [6.07, 6.45) is 11.1. The average molecular weight is 241 g/mol. The van der Waals surface area contributed by atoms with Crippen LogP contribution in [0, 0.1) is 0 Å². The number of unbranched alkanes of at least 4 members (excludes halogenated alkanes) is 3. The van der Waals surface area contributed by atoms with Crippen LogP contribution in [0.25, 0.3) is 0 Å². The van der Waals surface area contributed by atoms with Crippen LogP contribution < -0.4 is 11.5 Å². The van der Waals surface area contributed by atoms with Gasteiger partial charge in [0.1, 0.15) is 0 Å². The minimum Gasteiger partial charge on any atom is -0.393 e. The Balaban J connectivity index is 3.39. The molecule has 0 spiro atoms. The Kier molecular flexibility index (Phi) is 10.8. The van der Waals surface area contributed by atoms with E-state index in [9.17, 15) is 5.11 Å². The van der Waals surface area contributed by atoms with E-state index in [-0.39, 0.29) is 12.1 Å². The number of aliphatic hydroxyl groups is 1. The van der Waals surface area contributed by atoms with E-state index in [4.69, 9.17) is 11.5 Å². The van der Waals surface area contributed by atoms with Gasteiger partial charge in [-0.15, -0.1) is 0 Å². The molecule has 0 bridgehead atoms. The van der Waals surface area contributed by atoms with Crippen LogP contribution in [0.1, 0.15) is 51.9 Å². The van der Waals surface area contributed by atoms with Gasteiger partial charge in [0, 0.05) is 6.54 Å². The summed E-state index contributed by atoms with van der Waals surface area (Å²) >= 11 is 0. The standard InChI is InChI=1S/C13H27N3O/c1-2-3-4-6-9-12(17)10-7-5-8-11-16-13(14)15/h5,7,12,17H,2-4,6,8-11H2,1H3,(H4,14,15,16). The maximum Gasteiger partial charge on any atom is 0.185 e. The molecule has 0 aliphatic carbocycles. The second kappa shape index (κ2) is 11.5. The van der Waals surface area contributed by atoms with Gasteiger partial charge in [-0.2, -0.15) is 0 Å². The minimum atomic E-state index is -0.203. The summed E-state index contributed by atoms with van der Waals surface area (Å²) in [5.74, 6) is 0.134. The van der Waals surface area contributed by atoms with Crippen molar-refractivity contribution in [2.45, 2.75) is 58.0 Å². The molecule has 1 atom stereocenters. The number of nitrogens with two attached hydrogens (primary N) is 2. The zero-order valence-corrected chi connectivity index (χ0v) is 10.9. The Morgan fingerprint density at radius 1 is 1.24 bits per heavy atom. The number of aliphatic hydroxyl groups excluding tert-OH is 1. The molecule has 1 unspecified atom stereocenters. The molecule has 100 valence electrons. The van der Waals surface area contributed by atoms with Crippen molar-refractivity contribution < 1.29 is 5.11 Å². The fourth-order valence-electron chi connectivity index (χ4n) is 1.56. The first kappa shape index (κ1) is 16.0. The molecule has 0 aromatic carbocycles. The Hall–Kier alpha value is -1.03. The van der Waals surface area contributed by atoms with Gasteiger partial charge >= 0.3 is 0 Å². The van der Waals surface area contributed by atoms with Gasteiger partial charge in [0.25, 0.3) is 0 Å². The van der Waals surface area contributed by atoms with Gasteiger partial charge < -0.3 is 16.6 Å². The van der Waals surface area contributed by atoms with Crippen LogP contribution >= 0.6 is 0 Å². The number of hydrogen-bond acceptors (Lipinski definition) is 2.